The number of nitrogens with one attached hydrogen (secondary N) is 1. The summed E-state index contributed by atoms with van der Waals surface area (Å²) < 4.78 is 0. The fourth-order valence-electron chi connectivity index (χ4n) is 5.91. The van der Waals surface area contributed by atoms with Crippen molar-refractivity contribution in [3.05, 3.63) is 0 Å². The smallest absolute Gasteiger partial charge is 0.0243 e. The zero-order chi connectivity index (χ0) is 15.3. The summed E-state index contributed by atoms with van der Waals surface area (Å²) in [5.74, 6) is 1.70. The van der Waals surface area contributed by atoms with Gasteiger partial charge in [0.2, 0.25) is 0 Å². The molecule has 1 saturated heterocycles. The Labute approximate surface area is 132 Å². The highest BCUT2D eigenvalue weighted by atomic mass is 15.2. The molecule has 122 valence electrons. The summed E-state index contributed by atoms with van der Waals surface area (Å²) in [5, 5.41) is 4.06. The highest BCUT2D eigenvalue weighted by Gasteiger charge is 2.59. The molecule has 1 N–H and O–H groups in total. The van der Waals surface area contributed by atoms with Crippen molar-refractivity contribution in [3.63, 3.8) is 0 Å². The van der Waals surface area contributed by atoms with E-state index in [1.165, 1.54) is 51.7 Å². The maximum atomic E-state index is 4.06. The first-order valence-corrected chi connectivity index (χ1v) is 9.32. The van der Waals surface area contributed by atoms with Crippen molar-refractivity contribution in [2.45, 2.75) is 78.8 Å². The van der Waals surface area contributed by atoms with Crippen LogP contribution in [-0.2, 0) is 0 Å². The third-order valence-electron chi connectivity index (χ3n) is 7.18. The van der Waals surface area contributed by atoms with Crippen LogP contribution in [0.15, 0.2) is 0 Å². The molecular formula is C19H36N2. The first kappa shape index (κ1) is 15.8. The van der Waals surface area contributed by atoms with Crippen molar-refractivity contribution >= 4 is 0 Å². The number of likely N-dealkylation sites (tertiary alicyclic amines) is 1. The van der Waals surface area contributed by atoms with Gasteiger partial charge in [-0.2, -0.15) is 0 Å². The Morgan fingerprint density at radius 2 is 1.81 bits per heavy atom. The van der Waals surface area contributed by atoms with Crippen LogP contribution in [0.4, 0.5) is 0 Å². The van der Waals surface area contributed by atoms with Crippen molar-refractivity contribution in [2.75, 3.05) is 19.6 Å². The lowest BCUT2D eigenvalue weighted by Crippen LogP contribution is -2.54. The summed E-state index contributed by atoms with van der Waals surface area (Å²) in [6.45, 7) is 16.2. The fourth-order valence-corrected chi connectivity index (χ4v) is 5.91. The Kier molecular flexibility index (Phi) is 4.16. The molecule has 3 rings (SSSR count). The van der Waals surface area contributed by atoms with E-state index in [4.69, 9.17) is 0 Å². The Morgan fingerprint density at radius 3 is 2.33 bits per heavy atom. The van der Waals surface area contributed by atoms with E-state index in [1.807, 2.05) is 0 Å². The number of hydrogen-bond donors (Lipinski definition) is 1. The molecule has 3 aliphatic rings. The monoisotopic (exact) mass is 292 g/mol. The van der Waals surface area contributed by atoms with E-state index in [0.29, 0.717) is 16.9 Å². The minimum Gasteiger partial charge on any atom is -0.311 e. The number of fused-ring (bicyclic) bond motifs is 2. The van der Waals surface area contributed by atoms with Gasteiger partial charge in [-0.15, -0.1) is 0 Å². The van der Waals surface area contributed by atoms with Crippen molar-refractivity contribution < 1.29 is 0 Å². The second-order valence-electron chi connectivity index (χ2n) is 9.31. The predicted molar refractivity (Wildman–Crippen MR) is 90.5 cm³/mol. The van der Waals surface area contributed by atoms with Crippen molar-refractivity contribution in [1.82, 2.24) is 10.2 Å². The van der Waals surface area contributed by atoms with Crippen molar-refractivity contribution in [1.29, 1.82) is 0 Å². The maximum Gasteiger partial charge on any atom is 0.0243 e. The molecular weight excluding hydrogens is 256 g/mol. The van der Waals surface area contributed by atoms with E-state index in [0.717, 1.165) is 17.9 Å². The molecule has 2 aliphatic carbocycles. The highest BCUT2D eigenvalue weighted by Crippen LogP contribution is 2.62. The first-order valence-electron chi connectivity index (χ1n) is 9.32. The summed E-state index contributed by atoms with van der Waals surface area (Å²) in [4.78, 5) is 2.74. The number of hydrogen-bond acceptors (Lipinski definition) is 2. The Morgan fingerprint density at radius 1 is 1.14 bits per heavy atom. The fraction of sp³-hybridized carbons (Fsp3) is 1.00. The summed E-state index contributed by atoms with van der Waals surface area (Å²) in [6.07, 6.45) is 7.15. The van der Waals surface area contributed by atoms with Gasteiger partial charge in [0.05, 0.1) is 0 Å². The van der Waals surface area contributed by atoms with E-state index in [9.17, 15) is 0 Å². The van der Waals surface area contributed by atoms with Gasteiger partial charge < -0.3 is 5.32 Å². The largest absolute Gasteiger partial charge is 0.311 e. The highest BCUT2D eigenvalue weighted by molar-refractivity contribution is 5.12. The molecule has 0 spiro atoms. The second kappa shape index (κ2) is 5.53. The minimum absolute atomic E-state index is 0.486. The Balaban J connectivity index is 1.65. The van der Waals surface area contributed by atoms with Gasteiger partial charge in [-0.3, -0.25) is 4.90 Å². The van der Waals surface area contributed by atoms with E-state index in [2.05, 4.69) is 44.8 Å². The number of nitrogens with zero attached hydrogens (tertiary/aromatic N) is 1. The SMILES string of the molecule is CC(C)C(CNC1C(C)(C)[C@H]2CC[C@]1(C)C2)N1CCCC1. The summed E-state index contributed by atoms with van der Waals surface area (Å²) in [5.41, 5.74) is 1.04. The molecule has 0 aromatic rings. The van der Waals surface area contributed by atoms with Crippen molar-refractivity contribution in [3.8, 4) is 0 Å². The average Bonchev–Trinajstić information content (AvgIpc) is 3.06. The molecule has 3 fully saturated rings. The van der Waals surface area contributed by atoms with Gasteiger partial charge in [-0.25, -0.2) is 0 Å². The standard InChI is InChI=1S/C19H36N2/c1-14(2)16(21-10-6-7-11-21)13-20-17-18(3,4)15-8-9-19(17,5)12-15/h14-17,20H,6-13H2,1-5H3/t15-,16?,17?,19+/m0/s1. The van der Waals surface area contributed by atoms with Gasteiger partial charge in [0.15, 0.2) is 0 Å². The van der Waals surface area contributed by atoms with Crippen LogP contribution >= 0.6 is 0 Å². The Bertz CT molecular complexity index is 365. The molecule has 2 nitrogen and oxygen atoms in total. The van der Waals surface area contributed by atoms with Gasteiger partial charge in [0.25, 0.3) is 0 Å². The van der Waals surface area contributed by atoms with E-state index in [-0.39, 0.29) is 0 Å². The van der Waals surface area contributed by atoms with Gasteiger partial charge in [0, 0.05) is 18.6 Å². The van der Waals surface area contributed by atoms with Crippen LogP contribution in [0.3, 0.4) is 0 Å². The van der Waals surface area contributed by atoms with Crippen LogP contribution in [0.5, 0.6) is 0 Å². The minimum atomic E-state index is 0.486. The van der Waals surface area contributed by atoms with Gasteiger partial charge >= 0.3 is 0 Å². The molecule has 0 aromatic heterocycles. The summed E-state index contributed by atoms with van der Waals surface area (Å²) in [7, 11) is 0. The van der Waals surface area contributed by atoms with E-state index >= 15 is 0 Å². The summed E-state index contributed by atoms with van der Waals surface area (Å²) >= 11 is 0. The van der Waals surface area contributed by atoms with Crippen LogP contribution < -0.4 is 5.32 Å². The maximum absolute atomic E-state index is 4.06. The molecule has 2 bridgehead atoms. The van der Waals surface area contributed by atoms with Crippen LogP contribution in [0, 0.1) is 22.7 Å². The topological polar surface area (TPSA) is 15.3 Å². The molecule has 2 heteroatoms. The van der Waals surface area contributed by atoms with E-state index < -0.39 is 0 Å². The van der Waals surface area contributed by atoms with Crippen LogP contribution in [0.25, 0.3) is 0 Å². The zero-order valence-electron chi connectivity index (χ0n) is 14.9. The molecule has 1 heterocycles. The van der Waals surface area contributed by atoms with Crippen LogP contribution in [0.2, 0.25) is 0 Å². The van der Waals surface area contributed by atoms with Crippen LogP contribution in [0.1, 0.15) is 66.7 Å². The van der Waals surface area contributed by atoms with Gasteiger partial charge in [-0.1, -0.05) is 34.6 Å². The molecule has 1 aliphatic heterocycles. The van der Waals surface area contributed by atoms with Crippen LogP contribution in [-0.4, -0.2) is 36.6 Å². The average molecular weight is 293 g/mol. The normalized spacial score (nSPS) is 40.3. The quantitative estimate of drug-likeness (QED) is 0.826. The lowest BCUT2D eigenvalue weighted by Gasteiger charge is -2.45. The molecule has 0 radical (unpaired) electrons. The molecule has 0 aromatic carbocycles. The Hall–Kier alpha value is -0.0800. The third-order valence-corrected chi connectivity index (χ3v) is 7.18. The van der Waals surface area contributed by atoms with Crippen molar-refractivity contribution in [2.24, 2.45) is 22.7 Å². The van der Waals surface area contributed by atoms with E-state index in [1.54, 1.807) is 0 Å². The molecule has 2 saturated carbocycles. The zero-order valence-corrected chi connectivity index (χ0v) is 14.9. The second-order valence-corrected chi connectivity index (χ2v) is 9.31. The molecule has 0 amide bonds. The molecule has 4 atom stereocenters. The number of rotatable bonds is 5. The summed E-state index contributed by atoms with van der Waals surface area (Å²) in [6, 6.07) is 1.44. The van der Waals surface area contributed by atoms with Gasteiger partial charge in [0.1, 0.15) is 0 Å². The molecule has 2 unspecified atom stereocenters. The predicted octanol–water partition coefficient (Wildman–Crippen LogP) is 3.91. The van der Waals surface area contributed by atoms with Gasteiger partial charge in [-0.05, 0) is 67.9 Å². The third kappa shape index (κ3) is 2.67. The first-order chi connectivity index (χ1) is 9.84. The lowest BCUT2D eigenvalue weighted by molar-refractivity contribution is 0.0924. The molecule has 21 heavy (non-hydrogen) atoms. The lowest BCUT2D eigenvalue weighted by atomic mass is 9.68.